The zero-order valence-corrected chi connectivity index (χ0v) is 13.0. The summed E-state index contributed by atoms with van der Waals surface area (Å²) >= 11 is 13.9. The van der Waals surface area contributed by atoms with Crippen molar-refractivity contribution in [3.05, 3.63) is 44.6 Å². The highest BCUT2D eigenvalue weighted by molar-refractivity contribution is 7.18. The van der Waals surface area contributed by atoms with Gasteiger partial charge in [-0.2, -0.15) is 0 Å². The number of aromatic nitrogens is 2. The topological polar surface area (TPSA) is 25.8 Å². The van der Waals surface area contributed by atoms with Crippen LogP contribution in [0, 0.1) is 19.7 Å². The zero-order chi connectivity index (χ0) is 14.4. The Bertz CT molecular complexity index is 830. The van der Waals surface area contributed by atoms with Crippen LogP contribution in [0.15, 0.2) is 18.2 Å². The van der Waals surface area contributed by atoms with Crippen LogP contribution >= 0.6 is 34.5 Å². The van der Waals surface area contributed by atoms with Crippen molar-refractivity contribution < 1.29 is 4.39 Å². The summed E-state index contributed by atoms with van der Waals surface area (Å²) in [4.78, 5) is 10.8. The van der Waals surface area contributed by atoms with E-state index >= 15 is 0 Å². The SMILES string of the molecule is Cc1sc2nc(-c3ccc(F)cc3Cl)nc(Cl)c2c1C. The molecule has 0 aliphatic heterocycles. The Morgan fingerprint density at radius 2 is 1.90 bits per heavy atom. The summed E-state index contributed by atoms with van der Waals surface area (Å²) in [7, 11) is 0. The van der Waals surface area contributed by atoms with E-state index in [1.54, 1.807) is 17.4 Å². The van der Waals surface area contributed by atoms with E-state index in [1.807, 2.05) is 13.8 Å². The van der Waals surface area contributed by atoms with Gasteiger partial charge in [-0.25, -0.2) is 14.4 Å². The fourth-order valence-corrected chi connectivity index (χ4v) is 3.64. The van der Waals surface area contributed by atoms with Gasteiger partial charge in [-0.3, -0.25) is 0 Å². The third-order valence-electron chi connectivity index (χ3n) is 3.16. The molecule has 0 bridgehead atoms. The second kappa shape index (κ2) is 4.95. The molecule has 0 aliphatic carbocycles. The smallest absolute Gasteiger partial charge is 0.163 e. The van der Waals surface area contributed by atoms with Gasteiger partial charge in [0.2, 0.25) is 0 Å². The minimum atomic E-state index is -0.395. The van der Waals surface area contributed by atoms with Crippen LogP contribution in [0.1, 0.15) is 10.4 Å². The lowest BCUT2D eigenvalue weighted by atomic mass is 10.2. The van der Waals surface area contributed by atoms with Crippen molar-refractivity contribution in [2.24, 2.45) is 0 Å². The lowest BCUT2D eigenvalue weighted by Crippen LogP contribution is -1.92. The van der Waals surface area contributed by atoms with E-state index in [9.17, 15) is 4.39 Å². The predicted molar refractivity (Wildman–Crippen MR) is 82.3 cm³/mol. The first-order valence-electron chi connectivity index (χ1n) is 5.86. The largest absolute Gasteiger partial charge is 0.217 e. The number of hydrogen-bond acceptors (Lipinski definition) is 3. The number of thiophene rings is 1. The highest BCUT2D eigenvalue weighted by Crippen LogP contribution is 2.35. The minimum absolute atomic E-state index is 0.269. The third kappa shape index (κ3) is 2.18. The summed E-state index contributed by atoms with van der Waals surface area (Å²) < 4.78 is 13.1. The molecule has 0 saturated heterocycles. The van der Waals surface area contributed by atoms with Crippen LogP contribution in [0.4, 0.5) is 4.39 Å². The normalized spacial score (nSPS) is 11.2. The first-order valence-corrected chi connectivity index (χ1v) is 7.43. The number of fused-ring (bicyclic) bond motifs is 1. The summed E-state index contributed by atoms with van der Waals surface area (Å²) in [5, 5.41) is 1.54. The molecule has 6 heteroatoms. The Morgan fingerprint density at radius 1 is 1.15 bits per heavy atom. The van der Waals surface area contributed by atoms with E-state index in [0.29, 0.717) is 16.5 Å². The van der Waals surface area contributed by atoms with Gasteiger partial charge >= 0.3 is 0 Å². The maximum atomic E-state index is 13.1. The van der Waals surface area contributed by atoms with Crippen LogP contribution in [0.25, 0.3) is 21.6 Å². The molecule has 2 nitrogen and oxygen atoms in total. The maximum absolute atomic E-state index is 13.1. The van der Waals surface area contributed by atoms with Crippen molar-refractivity contribution in [1.29, 1.82) is 0 Å². The fraction of sp³-hybridized carbons (Fsp3) is 0.143. The molecule has 0 N–H and O–H groups in total. The van der Waals surface area contributed by atoms with Gasteiger partial charge in [-0.1, -0.05) is 23.2 Å². The second-order valence-electron chi connectivity index (χ2n) is 4.43. The molecule has 3 rings (SSSR count). The molecule has 3 aromatic rings. The average molecular weight is 327 g/mol. The summed E-state index contributed by atoms with van der Waals surface area (Å²) in [6.45, 7) is 4.01. The van der Waals surface area contributed by atoms with E-state index < -0.39 is 5.82 Å². The Morgan fingerprint density at radius 3 is 2.60 bits per heavy atom. The predicted octanol–water partition coefficient (Wildman–Crippen LogP) is 5.42. The van der Waals surface area contributed by atoms with Gasteiger partial charge in [0.15, 0.2) is 5.82 Å². The number of halogens is 3. The van der Waals surface area contributed by atoms with Crippen LogP contribution in [-0.4, -0.2) is 9.97 Å². The average Bonchev–Trinajstić information content (AvgIpc) is 2.65. The van der Waals surface area contributed by atoms with Crippen molar-refractivity contribution in [3.8, 4) is 11.4 Å². The van der Waals surface area contributed by atoms with Gasteiger partial charge in [-0.05, 0) is 37.6 Å². The first-order chi connectivity index (χ1) is 9.47. The van der Waals surface area contributed by atoms with E-state index in [-0.39, 0.29) is 5.02 Å². The molecule has 0 amide bonds. The molecule has 102 valence electrons. The van der Waals surface area contributed by atoms with Crippen molar-refractivity contribution in [2.75, 3.05) is 0 Å². The minimum Gasteiger partial charge on any atom is -0.217 e. The van der Waals surface area contributed by atoms with Crippen molar-refractivity contribution in [2.45, 2.75) is 13.8 Å². The van der Waals surface area contributed by atoms with Crippen LogP contribution in [-0.2, 0) is 0 Å². The molecule has 0 saturated carbocycles. The third-order valence-corrected chi connectivity index (χ3v) is 4.84. The van der Waals surface area contributed by atoms with Crippen LogP contribution in [0.2, 0.25) is 10.2 Å². The lowest BCUT2D eigenvalue weighted by Gasteiger charge is -2.04. The molecular weight excluding hydrogens is 318 g/mol. The molecule has 20 heavy (non-hydrogen) atoms. The Balaban J connectivity index is 2.27. The number of benzene rings is 1. The molecule has 0 atom stereocenters. The van der Waals surface area contributed by atoms with Crippen LogP contribution < -0.4 is 0 Å². The molecule has 0 unspecified atom stereocenters. The Hall–Kier alpha value is -1.23. The highest BCUT2D eigenvalue weighted by Gasteiger charge is 2.15. The van der Waals surface area contributed by atoms with Crippen molar-refractivity contribution in [3.63, 3.8) is 0 Å². The molecule has 1 aromatic carbocycles. The fourth-order valence-electron chi connectivity index (χ4n) is 1.99. The van der Waals surface area contributed by atoms with Gasteiger partial charge in [0.25, 0.3) is 0 Å². The van der Waals surface area contributed by atoms with Crippen LogP contribution in [0.3, 0.4) is 0 Å². The van der Waals surface area contributed by atoms with E-state index in [1.165, 1.54) is 12.1 Å². The number of hydrogen-bond donors (Lipinski definition) is 0. The molecular formula is C14H9Cl2FN2S. The zero-order valence-electron chi connectivity index (χ0n) is 10.7. The summed E-state index contributed by atoms with van der Waals surface area (Å²) in [5.74, 6) is 0.0162. The summed E-state index contributed by atoms with van der Waals surface area (Å²) in [6.07, 6.45) is 0. The first kappa shape index (κ1) is 13.7. The maximum Gasteiger partial charge on any atom is 0.163 e. The Kier molecular flexibility index (Phi) is 3.40. The van der Waals surface area contributed by atoms with E-state index in [4.69, 9.17) is 23.2 Å². The van der Waals surface area contributed by atoms with E-state index in [2.05, 4.69) is 9.97 Å². The molecule has 0 fully saturated rings. The molecule has 2 aromatic heterocycles. The molecule has 2 heterocycles. The number of aryl methyl sites for hydroxylation is 2. The molecule has 0 radical (unpaired) electrons. The summed E-state index contributed by atoms with van der Waals surface area (Å²) in [6, 6.07) is 4.12. The number of nitrogens with zero attached hydrogens (tertiary/aromatic N) is 2. The van der Waals surface area contributed by atoms with Crippen LogP contribution in [0.5, 0.6) is 0 Å². The quantitative estimate of drug-likeness (QED) is 0.558. The van der Waals surface area contributed by atoms with Gasteiger partial charge < -0.3 is 0 Å². The van der Waals surface area contributed by atoms with Crippen molar-refractivity contribution >= 4 is 44.8 Å². The number of rotatable bonds is 1. The second-order valence-corrected chi connectivity index (χ2v) is 6.39. The van der Waals surface area contributed by atoms with E-state index in [0.717, 1.165) is 20.7 Å². The standard InChI is InChI=1S/C14H9Cl2FN2S/c1-6-7(2)20-14-11(6)12(16)18-13(19-14)9-4-3-8(17)5-10(9)15/h3-5H,1-2H3. The highest BCUT2D eigenvalue weighted by atomic mass is 35.5. The summed E-state index contributed by atoms with van der Waals surface area (Å²) in [5.41, 5.74) is 1.66. The van der Waals surface area contributed by atoms with Gasteiger partial charge in [-0.15, -0.1) is 11.3 Å². The van der Waals surface area contributed by atoms with Gasteiger partial charge in [0.05, 0.1) is 10.4 Å². The van der Waals surface area contributed by atoms with Crippen molar-refractivity contribution in [1.82, 2.24) is 9.97 Å². The monoisotopic (exact) mass is 326 g/mol. The molecule has 0 aliphatic rings. The van der Waals surface area contributed by atoms with Gasteiger partial charge in [0, 0.05) is 10.4 Å². The van der Waals surface area contributed by atoms with Gasteiger partial charge in [0.1, 0.15) is 15.8 Å². The lowest BCUT2D eigenvalue weighted by molar-refractivity contribution is 0.628. The molecule has 0 spiro atoms. The Labute approximate surface area is 129 Å².